The van der Waals surface area contributed by atoms with Gasteiger partial charge in [0, 0.05) is 6.07 Å². The minimum absolute atomic E-state index is 0.0151. The molecule has 1 aromatic heterocycles. The van der Waals surface area contributed by atoms with E-state index in [9.17, 15) is 19.7 Å². The van der Waals surface area contributed by atoms with E-state index in [2.05, 4.69) is 9.98 Å². The van der Waals surface area contributed by atoms with Crippen molar-refractivity contribution in [3.8, 4) is 0 Å². The highest BCUT2D eigenvalue weighted by Gasteiger charge is 2.29. The van der Waals surface area contributed by atoms with Crippen LogP contribution in [-0.2, 0) is 9.53 Å². The van der Waals surface area contributed by atoms with Gasteiger partial charge in [-0.05, 0) is 20.8 Å². The number of esters is 1. The largest absolute Gasteiger partial charge is 0.455 e. The lowest BCUT2D eigenvalue weighted by Crippen LogP contribution is -2.31. The van der Waals surface area contributed by atoms with E-state index in [0.29, 0.717) is 0 Å². The normalized spacial score (nSPS) is 14.2. The topological polar surface area (TPSA) is 112 Å². The van der Waals surface area contributed by atoms with Crippen LogP contribution in [-0.4, -0.2) is 33.0 Å². The second kappa shape index (κ2) is 5.04. The summed E-state index contributed by atoms with van der Waals surface area (Å²) in [5, 5.41) is 10.7. The van der Waals surface area contributed by atoms with Gasteiger partial charge in [0.25, 0.3) is 5.69 Å². The molecule has 0 unspecified atom stereocenters. The maximum atomic E-state index is 11.9. The summed E-state index contributed by atoms with van der Waals surface area (Å²) < 4.78 is 5.14. The summed E-state index contributed by atoms with van der Waals surface area (Å²) in [5.41, 5.74) is -1.06. The molecule has 2 heterocycles. The monoisotopic (exact) mass is 291 g/mol. The van der Waals surface area contributed by atoms with E-state index in [0.717, 1.165) is 12.3 Å². The Morgan fingerprint density at radius 1 is 1.43 bits per heavy atom. The second-order valence-electron chi connectivity index (χ2n) is 5.48. The SMILES string of the molecule is CC(C)(C)OC(=O)C1=Nc2cc([N+](=O)[O-])cnc2C(=O)C1. The molecule has 8 nitrogen and oxygen atoms in total. The number of ketones is 1. The molecule has 0 radical (unpaired) electrons. The van der Waals surface area contributed by atoms with Crippen LogP contribution in [0.4, 0.5) is 11.4 Å². The molecule has 110 valence electrons. The van der Waals surface area contributed by atoms with E-state index >= 15 is 0 Å². The molecule has 0 aromatic carbocycles. The predicted octanol–water partition coefficient (Wildman–Crippen LogP) is 1.99. The summed E-state index contributed by atoms with van der Waals surface area (Å²) in [6.07, 6.45) is 0.761. The summed E-state index contributed by atoms with van der Waals surface area (Å²) in [6.45, 7) is 5.07. The third kappa shape index (κ3) is 3.28. The number of hydrogen-bond donors (Lipinski definition) is 0. The van der Waals surface area contributed by atoms with Gasteiger partial charge in [-0.25, -0.2) is 14.8 Å². The first-order valence-electron chi connectivity index (χ1n) is 6.16. The molecule has 1 aromatic rings. The van der Waals surface area contributed by atoms with Gasteiger partial charge in [-0.2, -0.15) is 0 Å². The number of carbonyl (C=O) groups excluding carboxylic acids is 2. The highest BCUT2D eigenvalue weighted by atomic mass is 16.6. The Balaban J connectivity index is 2.40. The van der Waals surface area contributed by atoms with Gasteiger partial charge in [-0.3, -0.25) is 14.9 Å². The van der Waals surface area contributed by atoms with Crippen LogP contribution < -0.4 is 0 Å². The molecule has 8 heteroatoms. The van der Waals surface area contributed by atoms with Crippen LogP contribution in [0, 0.1) is 10.1 Å². The number of ether oxygens (including phenoxy) is 1. The molecular weight excluding hydrogens is 278 g/mol. The van der Waals surface area contributed by atoms with Crippen molar-refractivity contribution in [1.29, 1.82) is 0 Å². The molecular formula is C13H13N3O5. The first kappa shape index (κ1) is 14.8. The second-order valence-corrected chi connectivity index (χ2v) is 5.48. The molecule has 1 aliphatic heterocycles. The summed E-state index contributed by atoms with van der Waals surface area (Å²) in [6, 6.07) is 1.11. The molecule has 0 bridgehead atoms. The van der Waals surface area contributed by atoms with Gasteiger partial charge >= 0.3 is 5.97 Å². The Bertz CT molecular complexity index is 673. The Labute approximate surface area is 120 Å². The first-order chi connectivity index (χ1) is 9.67. The zero-order valence-corrected chi connectivity index (χ0v) is 11.7. The van der Waals surface area contributed by atoms with Gasteiger partial charge in [-0.15, -0.1) is 0 Å². The molecule has 0 aliphatic carbocycles. The van der Waals surface area contributed by atoms with E-state index < -0.39 is 22.3 Å². The van der Waals surface area contributed by atoms with Crippen molar-refractivity contribution >= 4 is 28.8 Å². The molecule has 0 spiro atoms. The van der Waals surface area contributed by atoms with Gasteiger partial charge in [0.1, 0.15) is 23.2 Å². The fourth-order valence-electron chi connectivity index (χ4n) is 1.72. The Morgan fingerprint density at radius 2 is 2.10 bits per heavy atom. The molecule has 0 saturated carbocycles. The molecule has 1 aliphatic rings. The Morgan fingerprint density at radius 3 is 2.67 bits per heavy atom. The molecule has 0 saturated heterocycles. The van der Waals surface area contributed by atoms with Gasteiger partial charge < -0.3 is 4.74 Å². The number of nitrogens with zero attached hydrogens (tertiary/aromatic N) is 3. The number of rotatable bonds is 2. The summed E-state index contributed by atoms with van der Waals surface area (Å²) >= 11 is 0. The average molecular weight is 291 g/mol. The molecule has 0 fully saturated rings. The standard InChI is InChI=1S/C13H13N3O5/c1-13(2,3)21-12(18)9-5-10(17)11-8(15-9)4-7(6-14-11)16(19)20/h4,6H,5H2,1-3H3. The fraction of sp³-hybridized carbons (Fsp3) is 0.385. The van der Waals surface area contributed by atoms with Crippen LogP contribution in [0.3, 0.4) is 0 Å². The zero-order valence-electron chi connectivity index (χ0n) is 11.7. The van der Waals surface area contributed by atoms with E-state index in [1.165, 1.54) is 0 Å². The lowest BCUT2D eigenvalue weighted by Gasteiger charge is -2.21. The predicted molar refractivity (Wildman–Crippen MR) is 72.8 cm³/mol. The highest BCUT2D eigenvalue weighted by Crippen LogP contribution is 2.28. The molecule has 2 rings (SSSR count). The van der Waals surface area contributed by atoms with Crippen LogP contribution in [0.25, 0.3) is 0 Å². The number of hydrogen-bond acceptors (Lipinski definition) is 7. The highest BCUT2D eigenvalue weighted by molar-refractivity contribution is 6.42. The van der Waals surface area contributed by atoms with Crippen molar-refractivity contribution in [2.75, 3.05) is 0 Å². The third-order valence-electron chi connectivity index (χ3n) is 2.55. The summed E-state index contributed by atoms with van der Waals surface area (Å²) in [5.74, 6) is -1.14. The summed E-state index contributed by atoms with van der Waals surface area (Å²) in [4.78, 5) is 41.6. The van der Waals surface area contributed by atoms with E-state index in [1.54, 1.807) is 20.8 Å². The van der Waals surface area contributed by atoms with Crippen LogP contribution in [0.5, 0.6) is 0 Å². The van der Waals surface area contributed by atoms with Gasteiger partial charge in [-0.1, -0.05) is 0 Å². The van der Waals surface area contributed by atoms with Crippen molar-refractivity contribution in [1.82, 2.24) is 4.98 Å². The maximum Gasteiger partial charge on any atom is 0.353 e. The van der Waals surface area contributed by atoms with Crippen molar-refractivity contribution in [2.45, 2.75) is 32.8 Å². The van der Waals surface area contributed by atoms with Gasteiger partial charge in [0.15, 0.2) is 5.78 Å². The lowest BCUT2D eigenvalue weighted by molar-refractivity contribution is -0.385. The van der Waals surface area contributed by atoms with Crippen LogP contribution in [0.2, 0.25) is 0 Å². The van der Waals surface area contributed by atoms with Crippen molar-refractivity contribution in [3.05, 3.63) is 28.1 Å². The number of Topliss-reactive ketones (excluding diaryl/α,β-unsaturated/α-hetero) is 1. The Kier molecular flexibility index (Phi) is 3.54. The third-order valence-corrected chi connectivity index (χ3v) is 2.55. The van der Waals surface area contributed by atoms with Gasteiger partial charge in [0.2, 0.25) is 0 Å². The van der Waals surface area contributed by atoms with E-state index in [1.807, 2.05) is 0 Å². The van der Waals surface area contributed by atoms with Crippen LogP contribution >= 0.6 is 0 Å². The van der Waals surface area contributed by atoms with Crippen LogP contribution in [0.1, 0.15) is 37.7 Å². The van der Waals surface area contributed by atoms with Crippen molar-refractivity contribution in [2.24, 2.45) is 4.99 Å². The zero-order chi connectivity index (χ0) is 15.8. The number of pyridine rings is 1. The van der Waals surface area contributed by atoms with E-state index in [-0.39, 0.29) is 29.2 Å². The number of carbonyl (C=O) groups is 2. The quantitative estimate of drug-likeness (QED) is 0.468. The number of aliphatic imine (C=N–C) groups is 1. The first-order valence-corrected chi connectivity index (χ1v) is 6.16. The smallest absolute Gasteiger partial charge is 0.353 e. The fourth-order valence-corrected chi connectivity index (χ4v) is 1.72. The number of aromatic nitrogens is 1. The minimum atomic E-state index is -0.718. The molecule has 0 amide bonds. The molecule has 0 atom stereocenters. The number of nitro groups is 1. The van der Waals surface area contributed by atoms with Gasteiger partial charge in [0.05, 0.1) is 17.0 Å². The van der Waals surface area contributed by atoms with Crippen molar-refractivity contribution in [3.63, 3.8) is 0 Å². The summed E-state index contributed by atoms with van der Waals surface area (Å²) in [7, 11) is 0. The average Bonchev–Trinajstić information content (AvgIpc) is 2.35. The van der Waals surface area contributed by atoms with E-state index in [4.69, 9.17) is 4.74 Å². The number of fused-ring (bicyclic) bond motifs is 1. The molecule has 21 heavy (non-hydrogen) atoms. The lowest BCUT2D eigenvalue weighted by atomic mass is 10.0. The Hall–Kier alpha value is -2.64. The van der Waals surface area contributed by atoms with Crippen molar-refractivity contribution < 1.29 is 19.2 Å². The maximum absolute atomic E-state index is 11.9. The molecule has 0 N–H and O–H groups in total. The van der Waals surface area contributed by atoms with Crippen LogP contribution in [0.15, 0.2) is 17.3 Å². The minimum Gasteiger partial charge on any atom is -0.455 e.